The van der Waals surface area contributed by atoms with Crippen molar-refractivity contribution in [3.63, 3.8) is 0 Å². The van der Waals surface area contributed by atoms with Crippen LogP contribution in [0.2, 0.25) is 0 Å². The van der Waals surface area contributed by atoms with E-state index in [0.717, 1.165) is 5.56 Å². The molecule has 0 fully saturated rings. The zero-order valence-electron chi connectivity index (χ0n) is 12.3. The van der Waals surface area contributed by atoms with Crippen LogP contribution in [0.15, 0.2) is 14.4 Å². The van der Waals surface area contributed by atoms with Crippen LogP contribution >= 0.6 is 11.8 Å². The Morgan fingerprint density at radius 2 is 2.19 bits per heavy atom. The Hall–Kier alpha value is -1.76. The average Bonchev–Trinajstić information content (AvgIpc) is 2.71. The number of H-pyrrole nitrogens is 1. The summed E-state index contributed by atoms with van der Waals surface area (Å²) in [6, 6.07) is 0. The van der Waals surface area contributed by atoms with E-state index in [2.05, 4.69) is 9.97 Å². The van der Waals surface area contributed by atoms with Gasteiger partial charge in [-0.2, -0.15) is 4.98 Å². The van der Waals surface area contributed by atoms with Gasteiger partial charge in [0.25, 0.3) is 5.56 Å². The van der Waals surface area contributed by atoms with Gasteiger partial charge in [0.2, 0.25) is 5.71 Å². The molecule has 1 N–H and O–H groups in total. The van der Waals surface area contributed by atoms with E-state index in [1.165, 1.54) is 11.8 Å². The van der Waals surface area contributed by atoms with Gasteiger partial charge in [0.05, 0.1) is 6.61 Å². The van der Waals surface area contributed by atoms with Crippen molar-refractivity contribution in [2.75, 3.05) is 12.4 Å². The largest absolute Gasteiger partial charge is 0.466 e. The van der Waals surface area contributed by atoms with Gasteiger partial charge in [0.15, 0.2) is 5.16 Å². The van der Waals surface area contributed by atoms with Crippen molar-refractivity contribution in [2.45, 2.75) is 38.8 Å². The molecule has 0 radical (unpaired) electrons. The molecule has 2 aromatic rings. The molecular formula is C14H18N2O4S. The third-order valence-corrected chi connectivity index (χ3v) is 4.05. The number of carbonyl (C=O) groups excluding carboxylic acids is 1. The first-order valence-electron chi connectivity index (χ1n) is 6.81. The van der Waals surface area contributed by atoms with E-state index in [4.69, 9.17) is 9.15 Å². The Kier molecular flexibility index (Phi) is 5.06. The minimum Gasteiger partial charge on any atom is -0.466 e. The predicted octanol–water partition coefficient (Wildman–Crippen LogP) is 2.57. The highest BCUT2D eigenvalue weighted by Crippen LogP contribution is 2.22. The number of aromatic nitrogens is 2. The van der Waals surface area contributed by atoms with Gasteiger partial charge in [-0.3, -0.25) is 9.59 Å². The summed E-state index contributed by atoms with van der Waals surface area (Å²) in [5.74, 6) is 1.17. The first-order chi connectivity index (χ1) is 10.0. The first kappa shape index (κ1) is 15.6. The molecule has 0 aromatic carbocycles. The molecule has 0 atom stereocenters. The minimum atomic E-state index is -0.202. The number of esters is 1. The number of aromatic amines is 1. The van der Waals surface area contributed by atoms with Crippen molar-refractivity contribution in [1.29, 1.82) is 0 Å². The topological polar surface area (TPSA) is 85.2 Å². The van der Waals surface area contributed by atoms with Gasteiger partial charge < -0.3 is 14.1 Å². The number of furan rings is 1. The Labute approximate surface area is 126 Å². The van der Waals surface area contributed by atoms with Gasteiger partial charge in [-0.1, -0.05) is 11.8 Å². The zero-order chi connectivity index (χ0) is 15.4. The lowest BCUT2D eigenvalue weighted by Gasteiger charge is -2.02. The van der Waals surface area contributed by atoms with E-state index in [0.29, 0.717) is 47.2 Å². The molecule has 2 heterocycles. The SMILES string of the molecule is CCOC(=O)CCCSc1nc2oc(C)c(C)c2c(=O)[nH]1. The van der Waals surface area contributed by atoms with E-state index < -0.39 is 0 Å². The maximum atomic E-state index is 12.0. The molecule has 0 bridgehead atoms. The van der Waals surface area contributed by atoms with Crippen LogP contribution < -0.4 is 5.56 Å². The zero-order valence-corrected chi connectivity index (χ0v) is 13.1. The van der Waals surface area contributed by atoms with Crippen LogP contribution in [0.4, 0.5) is 0 Å². The van der Waals surface area contributed by atoms with E-state index in [-0.39, 0.29) is 11.5 Å². The Morgan fingerprint density at radius 1 is 1.43 bits per heavy atom. The quantitative estimate of drug-likeness (QED) is 0.382. The fraction of sp³-hybridized carbons (Fsp3) is 0.500. The number of thioether (sulfide) groups is 1. The van der Waals surface area contributed by atoms with Crippen molar-refractivity contribution in [1.82, 2.24) is 9.97 Å². The molecular weight excluding hydrogens is 292 g/mol. The normalized spacial score (nSPS) is 11.0. The van der Waals surface area contributed by atoms with Crippen LogP contribution in [0.3, 0.4) is 0 Å². The maximum Gasteiger partial charge on any atom is 0.305 e. The van der Waals surface area contributed by atoms with Gasteiger partial charge in [0, 0.05) is 17.7 Å². The van der Waals surface area contributed by atoms with Crippen LogP contribution in [0.1, 0.15) is 31.1 Å². The van der Waals surface area contributed by atoms with E-state index in [1.54, 1.807) is 6.92 Å². The van der Waals surface area contributed by atoms with Crippen molar-refractivity contribution in [3.8, 4) is 0 Å². The predicted molar refractivity (Wildman–Crippen MR) is 80.7 cm³/mol. The summed E-state index contributed by atoms with van der Waals surface area (Å²) in [5, 5.41) is 1.01. The molecule has 21 heavy (non-hydrogen) atoms. The average molecular weight is 310 g/mol. The van der Waals surface area contributed by atoms with Crippen molar-refractivity contribution in [2.24, 2.45) is 0 Å². The standard InChI is InChI=1S/C14H18N2O4S/c1-4-19-10(17)6-5-7-21-14-15-12(18)11-8(2)9(3)20-13(11)16-14/h4-7H2,1-3H3,(H,15,16,18). The molecule has 6 nitrogen and oxygen atoms in total. The van der Waals surface area contributed by atoms with Gasteiger partial charge >= 0.3 is 5.97 Å². The number of fused-ring (bicyclic) bond motifs is 1. The maximum absolute atomic E-state index is 12.0. The number of nitrogens with one attached hydrogen (secondary N) is 1. The van der Waals surface area contributed by atoms with Crippen LogP contribution in [0.25, 0.3) is 11.1 Å². The van der Waals surface area contributed by atoms with Crippen LogP contribution in [0.5, 0.6) is 0 Å². The summed E-state index contributed by atoms with van der Waals surface area (Å²) in [7, 11) is 0. The smallest absolute Gasteiger partial charge is 0.305 e. The summed E-state index contributed by atoms with van der Waals surface area (Å²) in [4.78, 5) is 30.3. The van der Waals surface area contributed by atoms with E-state index in [9.17, 15) is 9.59 Å². The molecule has 0 aliphatic carbocycles. The molecule has 7 heteroatoms. The molecule has 0 unspecified atom stereocenters. The highest BCUT2D eigenvalue weighted by atomic mass is 32.2. The van der Waals surface area contributed by atoms with Crippen LogP contribution in [-0.2, 0) is 9.53 Å². The number of nitrogens with zero attached hydrogens (tertiary/aromatic N) is 1. The second kappa shape index (κ2) is 6.80. The summed E-state index contributed by atoms with van der Waals surface area (Å²) in [6.45, 7) is 5.82. The lowest BCUT2D eigenvalue weighted by atomic mass is 10.2. The monoisotopic (exact) mass is 310 g/mol. The Morgan fingerprint density at radius 3 is 2.90 bits per heavy atom. The molecule has 0 saturated heterocycles. The summed E-state index contributed by atoms with van der Waals surface area (Å²) in [5.41, 5.74) is 0.987. The molecule has 2 aromatic heterocycles. The lowest BCUT2D eigenvalue weighted by molar-refractivity contribution is -0.143. The number of ether oxygens (including phenoxy) is 1. The number of rotatable bonds is 6. The summed E-state index contributed by atoms with van der Waals surface area (Å²) >= 11 is 1.39. The minimum absolute atomic E-state index is 0.192. The van der Waals surface area contributed by atoms with Gasteiger partial charge in [-0.15, -0.1) is 0 Å². The van der Waals surface area contributed by atoms with Crippen molar-refractivity contribution < 1.29 is 13.9 Å². The third kappa shape index (κ3) is 3.66. The van der Waals surface area contributed by atoms with Crippen molar-refractivity contribution >= 4 is 28.8 Å². The molecule has 114 valence electrons. The number of aryl methyl sites for hydroxylation is 2. The van der Waals surface area contributed by atoms with E-state index in [1.807, 2.05) is 13.8 Å². The van der Waals surface area contributed by atoms with Gasteiger partial charge in [-0.25, -0.2) is 0 Å². The lowest BCUT2D eigenvalue weighted by Crippen LogP contribution is -2.09. The molecule has 0 saturated carbocycles. The highest BCUT2D eigenvalue weighted by Gasteiger charge is 2.13. The van der Waals surface area contributed by atoms with Gasteiger partial charge in [-0.05, 0) is 27.2 Å². The van der Waals surface area contributed by atoms with Crippen molar-refractivity contribution in [3.05, 3.63) is 21.7 Å². The summed E-state index contributed by atoms with van der Waals surface area (Å²) in [6.07, 6.45) is 1.04. The molecule has 0 aliphatic heterocycles. The van der Waals surface area contributed by atoms with Crippen LogP contribution in [0, 0.1) is 13.8 Å². The molecule has 0 spiro atoms. The third-order valence-electron chi connectivity index (χ3n) is 3.09. The summed E-state index contributed by atoms with van der Waals surface area (Å²) < 4.78 is 10.3. The second-order valence-corrected chi connectivity index (χ2v) is 5.68. The fourth-order valence-electron chi connectivity index (χ4n) is 1.92. The Balaban J connectivity index is 2.00. The highest BCUT2D eigenvalue weighted by molar-refractivity contribution is 7.99. The van der Waals surface area contributed by atoms with Crippen LogP contribution in [-0.4, -0.2) is 28.3 Å². The number of hydrogen-bond donors (Lipinski definition) is 1. The fourth-order valence-corrected chi connectivity index (χ4v) is 2.72. The number of carbonyl (C=O) groups is 1. The molecule has 0 amide bonds. The molecule has 2 rings (SSSR count). The van der Waals surface area contributed by atoms with E-state index >= 15 is 0 Å². The Bertz CT molecular complexity index is 705. The second-order valence-electron chi connectivity index (χ2n) is 4.59. The number of hydrogen-bond acceptors (Lipinski definition) is 6. The first-order valence-corrected chi connectivity index (χ1v) is 7.80. The molecule has 0 aliphatic rings. The van der Waals surface area contributed by atoms with Gasteiger partial charge in [0.1, 0.15) is 11.1 Å².